The summed E-state index contributed by atoms with van der Waals surface area (Å²) in [7, 11) is -1.79. The minimum atomic E-state index is -1.79. The molecule has 0 aromatic rings. The van der Waals surface area contributed by atoms with E-state index in [1.54, 1.807) is 0 Å². The van der Waals surface area contributed by atoms with E-state index in [-0.39, 0.29) is 23.9 Å². The highest BCUT2D eigenvalue weighted by Gasteiger charge is 2.41. The van der Waals surface area contributed by atoms with Gasteiger partial charge in [0, 0.05) is 6.61 Å². The maximum atomic E-state index is 9.50. The van der Waals surface area contributed by atoms with Gasteiger partial charge in [0.1, 0.15) is 0 Å². The van der Waals surface area contributed by atoms with Crippen LogP contribution in [0.2, 0.25) is 18.1 Å². The molecule has 0 aromatic carbocycles. The van der Waals surface area contributed by atoms with Crippen molar-refractivity contribution in [1.29, 1.82) is 0 Å². The molecule has 120 valence electrons. The largest absolute Gasteiger partial charge is 0.411 e. The molecule has 0 aliphatic carbocycles. The van der Waals surface area contributed by atoms with Gasteiger partial charge in [-0.25, -0.2) is 0 Å². The molecule has 0 spiro atoms. The molecule has 5 heteroatoms. The van der Waals surface area contributed by atoms with Crippen molar-refractivity contribution in [2.24, 2.45) is 0 Å². The number of ether oxygens (including phenoxy) is 1. The summed E-state index contributed by atoms with van der Waals surface area (Å²) in [4.78, 5) is 0. The highest BCUT2D eigenvalue weighted by molar-refractivity contribution is 6.74. The Balaban J connectivity index is 2.60. The first-order valence-electron chi connectivity index (χ1n) is 7.75. The van der Waals surface area contributed by atoms with E-state index in [0.717, 1.165) is 25.9 Å². The summed E-state index contributed by atoms with van der Waals surface area (Å²) in [6.45, 7) is 11.9. The number of aliphatic hydroxyl groups is 2. The second kappa shape index (κ2) is 7.36. The van der Waals surface area contributed by atoms with Gasteiger partial charge in [0.25, 0.3) is 0 Å². The Bertz CT molecular complexity index is 288. The van der Waals surface area contributed by atoms with Crippen LogP contribution in [0, 0.1) is 0 Å². The van der Waals surface area contributed by atoms with E-state index >= 15 is 0 Å². The summed E-state index contributed by atoms with van der Waals surface area (Å²) < 4.78 is 12.3. The Hall–Kier alpha value is 0.0569. The van der Waals surface area contributed by atoms with Crippen LogP contribution in [0.25, 0.3) is 0 Å². The lowest BCUT2D eigenvalue weighted by molar-refractivity contribution is -0.0763. The van der Waals surface area contributed by atoms with Crippen LogP contribution in [0.3, 0.4) is 0 Å². The third-order valence-corrected chi connectivity index (χ3v) is 9.13. The fraction of sp³-hybridized carbons (Fsp3) is 1.00. The van der Waals surface area contributed by atoms with Gasteiger partial charge in [-0.2, -0.15) is 0 Å². The van der Waals surface area contributed by atoms with Crippen molar-refractivity contribution in [3.8, 4) is 0 Å². The van der Waals surface area contributed by atoms with Gasteiger partial charge in [-0.15, -0.1) is 0 Å². The molecule has 20 heavy (non-hydrogen) atoms. The quantitative estimate of drug-likeness (QED) is 0.741. The highest BCUT2D eigenvalue weighted by Crippen LogP contribution is 2.39. The van der Waals surface area contributed by atoms with Gasteiger partial charge in [-0.05, 0) is 43.8 Å². The van der Waals surface area contributed by atoms with Gasteiger partial charge >= 0.3 is 0 Å². The zero-order valence-electron chi connectivity index (χ0n) is 13.7. The van der Waals surface area contributed by atoms with Crippen molar-refractivity contribution in [2.45, 2.75) is 82.9 Å². The smallest absolute Gasteiger partial charge is 0.192 e. The molecule has 0 saturated carbocycles. The Labute approximate surface area is 124 Å². The minimum absolute atomic E-state index is 0.0547. The zero-order valence-corrected chi connectivity index (χ0v) is 14.7. The second-order valence-electron chi connectivity index (χ2n) is 7.38. The third-order valence-electron chi connectivity index (χ3n) is 4.63. The lowest BCUT2D eigenvalue weighted by Gasteiger charge is -2.43. The van der Waals surface area contributed by atoms with Crippen LogP contribution in [0.15, 0.2) is 0 Å². The Kier molecular flexibility index (Phi) is 6.66. The molecule has 1 aliphatic rings. The number of hydrogen-bond donors (Lipinski definition) is 2. The molecule has 0 aromatic heterocycles. The molecular weight excluding hydrogens is 272 g/mol. The molecule has 1 heterocycles. The Morgan fingerprint density at radius 1 is 1.35 bits per heavy atom. The fourth-order valence-corrected chi connectivity index (χ4v) is 3.60. The van der Waals surface area contributed by atoms with Crippen LogP contribution in [0.5, 0.6) is 0 Å². The van der Waals surface area contributed by atoms with Crippen LogP contribution < -0.4 is 0 Å². The monoisotopic (exact) mass is 304 g/mol. The predicted octanol–water partition coefficient (Wildman–Crippen LogP) is 2.69. The number of aliphatic hydroxyl groups excluding tert-OH is 2. The zero-order chi connectivity index (χ0) is 15.4. The number of hydrogen-bond acceptors (Lipinski definition) is 4. The van der Waals surface area contributed by atoms with Crippen molar-refractivity contribution in [2.75, 3.05) is 13.2 Å². The first kappa shape index (κ1) is 18.1. The van der Waals surface area contributed by atoms with Gasteiger partial charge in [-0.3, -0.25) is 0 Å². The van der Waals surface area contributed by atoms with Crippen molar-refractivity contribution >= 4 is 8.32 Å². The van der Waals surface area contributed by atoms with Crippen LogP contribution in [0.1, 0.15) is 46.5 Å². The first-order valence-corrected chi connectivity index (χ1v) is 10.7. The van der Waals surface area contributed by atoms with Crippen molar-refractivity contribution < 1.29 is 19.4 Å². The number of rotatable bonds is 6. The lowest BCUT2D eigenvalue weighted by atomic mass is 10.00. The molecule has 1 unspecified atom stereocenters. The van der Waals surface area contributed by atoms with E-state index in [1.807, 2.05) is 0 Å². The van der Waals surface area contributed by atoms with E-state index in [1.165, 1.54) is 0 Å². The summed E-state index contributed by atoms with van der Waals surface area (Å²) in [5, 5.41) is 18.6. The minimum Gasteiger partial charge on any atom is -0.411 e. The summed E-state index contributed by atoms with van der Waals surface area (Å²) in [5.41, 5.74) is 0. The molecule has 0 amide bonds. The van der Waals surface area contributed by atoms with Crippen molar-refractivity contribution in [1.82, 2.24) is 0 Å². The molecular formula is C15H32O4Si. The third kappa shape index (κ3) is 5.11. The van der Waals surface area contributed by atoms with E-state index in [4.69, 9.17) is 14.3 Å². The van der Waals surface area contributed by atoms with Crippen molar-refractivity contribution in [3.63, 3.8) is 0 Å². The molecule has 3 atom stereocenters. The normalized spacial score (nSPS) is 26.6. The predicted molar refractivity (Wildman–Crippen MR) is 83.4 cm³/mol. The summed E-state index contributed by atoms with van der Waals surface area (Å²) in [6, 6.07) is 0. The van der Waals surface area contributed by atoms with Gasteiger partial charge < -0.3 is 19.4 Å². The summed E-state index contributed by atoms with van der Waals surface area (Å²) in [6.07, 6.45) is 2.94. The molecule has 1 aliphatic heterocycles. The molecule has 1 rings (SSSR count). The van der Waals surface area contributed by atoms with E-state index in [0.29, 0.717) is 6.42 Å². The second-order valence-corrected chi connectivity index (χ2v) is 12.1. The molecule has 4 nitrogen and oxygen atoms in total. The fourth-order valence-electron chi connectivity index (χ4n) is 2.22. The van der Waals surface area contributed by atoms with Crippen molar-refractivity contribution in [3.05, 3.63) is 0 Å². The summed E-state index contributed by atoms with van der Waals surface area (Å²) >= 11 is 0. The maximum absolute atomic E-state index is 9.50. The molecule has 2 N–H and O–H groups in total. The van der Waals surface area contributed by atoms with Gasteiger partial charge in [0.05, 0.1) is 24.9 Å². The van der Waals surface area contributed by atoms with Crippen LogP contribution in [-0.2, 0) is 9.16 Å². The lowest BCUT2D eigenvalue weighted by Crippen LogP contribution is -2.49. The average Bonchev–Trinajstić information content (AvgIpc) is 2.35. The van der Waals surface area contributed by atoms with Gasteiger partial charge in [0.15, 0.2) is 8.32 Å². The van der Waals surface area contributed by atoms with E-state index < -0.39 is 14.4 Å². The first-order chi connectivity index (χ1) is 9.17. The van der Waals surface area contributed by atoms with Crippen LogP contribution in [0.4, 0.5) is 0 Å². The maximum Gasteiger partial charge on any atom is 0.192 e. The summed E-state index contributed by atoms with van der Waals surface area (Å²) in [5.74, 6) is 0. The highest BCUT2D eigenvalue weighted by atomic mass is 28.4. The molecule has 1 fully saturated rings. The van der Waals surface area contributed by atoms with E-state index in [9.17, 15) is 5.11 Å². The standard InChI is InChI=1S/C15H32O4Si/c1-15(2,3)20(4,5)19-14-7-6-10-18-13(14)9-8-12(17)11-16/h12-14,16-17H,6-11H2,1-5H3/t12?,13-,14+/m1/s1. The Morgan fingerprint density at radius 2 is 2.00 bits per heavy atom. The average molecular weight is 305 g/mol. The van der Waals surface area contributed by atoms with Gasteiger partial charge in [0.2, 0.25) is 0 Å². The van der Waals surface area contributed by atoms with Crippen LogP contribution in [-0.4, -0.2) is 50.1 Å². The molecule has 0 radical (unpaired) electrons. The molecule has 0 bridgehead atoms. The molecule has 1 saturated heterocycles. The SMILES string of the molecule is CC(C)(C)[Si](C)(C)O[C@H]1CCCO[C@@H]1CCC(O)CO. The van der Waals surface area contributed by atoms with Gasteiger partial charge in [-0.1, -0.05) is 20.8 Å². The topological polar surface area (TPSA) is 58.9 Å². The Morgan fingerprint density at radius 3 is 2.55 bits per heavy atom. The van der Waals surface area contributed by atoms with E-state index in [2.05, 4.69) is 33.9 Å². The van der Waals surface area contributed by atoms with Crippen LogP contribution >= 0.6 is 0 Å².